The lowest BCUT2D eigenvalue weighted by Gasteiger charge is -2.15. The number of rotatable bonds is 4. The van der Waals surface area contributed by atoms with Crippen molar-refractivity contribution in [2.24, 2.45) is 5.73 Å². The maximum absolute atomic E-state index is 6.14. The van der Waals surface area contributed by atoms with E-state index in [9.17, 15) is 0 Å². The average Bonchev–Trinajstić information content (AvgIpc) is 2.98. The first-order valence-electron chi connectivity index (χ1n) is 5.58. The Morgan fingerprint density at radius 1 is 1.19 bits per heavy atom. The monoisotopic (exact) mass is 221 g/mol. The van der Waals surface area contributed by atoms with E-state index in [0.717, 1.165) is 41.9 Å². The number of aryl methyl sites for hydroxylation is 1. The van der Waals surface area contributed by atoms with Gasteiger partial charge in [-0.25, -0.2) is 0 Å². The summed E-state index contributed by atoms with van der Waals surface area (Å²) >= 11 is 0. The van der Waals surface area contributed by atoms with Gasteiger partial charge in [0.2, 0.25) is 0 Å². The average molecular weight is 221 g/mol. The number of methoxy groups -OCH3 is 2. The highest BCUT2D eigenvalue weighted by molar-refractivity contribution is 5.47. The lowest BCUT2D eigenvalue weighted by atomic mass is 10.0. The predicted molar refractivity (Wildman–Crippen MR) is 64.1 cm³/mol. The molecule has 0 aromatic heterocycles. The zero-order valence-corrected chi connectivity index (χ0v) is 10.2. The van der Waals surface area contributed by atoms with E-state index in [2.05, 4.69) is 0 Å². The van der Waals surface area contributed by atoms with Crippen LogP contribution in [-0.2, 0) is 6.42 Å². The van der Waals surface area contributed by atoms with Crippen LogP contribution in [0, 0.1) is 6.92 Å². The van der Waals surface area contributed by atoms with Gasteiger partial charge in [-0.15, -0.1) is 0 Å². The molecule has 1 aliphatic rings. The van der Waals surface area contributed by atoms with Crippen LogP contribution >= 0.6 is 0 Å². The van der Waals surface area contributed by atoms with E-state index < -0.39 is 0 Å². The maximum Gasteiger partial charge on any atom is 0.122 e. The van der Waals surface area contributed by atoms with Gasteiger partial charge >= 0.3 is 0 Å². The first-order chi connectivity index (χ1) is 7.58. The van der Waals surface area contributed by atoms with Crippen LogP contribution in [0.1, 0.15) is 24.0 Å². The molecule has 16 heavy (non-hydrogen) atoms. The fraction of sp³-hybridized carbons (Fsp3) is 0.538. The summed E-state index contributed by atoms with van der Waals surface area (Å²) in [5, 5.41) is 0. The Bertz CT molecular complexity index is 397. The number of nitrogens with two attached hydrogens (primary N) is 1. The van der Waals surface area contributed by atoms with Crippen molar-refractivity contribution in [2.45, 2.75) is 31.7 Å². The SMILES string of the molecule is COc1cc(CC2(N)CC2)c(OC)cc1C. The molecule has 88 valence electrons. The maximum atomic E-state index is 6.14. The van der Waals surface area contributed by atoms with Gasteiger partial charge in [-0.05, 0) is 49.4 Å². The van der Waals surface area contributed by atoms with Crippen LogP contribution in [-0.4, -0.2) is 19.8 Å². The summed E-state index contributed by atoms with van der Waals surface area (Å²) in [7, 11) is 3.38. The van der Waals surface area contributed by atoms with Crippen molar-refractivity contribution in [1.82, 2.24) is 0 Å². The van der Waals surface area contributed by atoms with Gasteiger partial charge in [0.15, 0.2) is 0 Å². The molecule has 1 aromatic rings. The zero-order valence-electron chi connectivity index (χ0n) is 10.2. The van der Waals surface area contributed by atoms with Gasteiger partial charge in [0, 0.05) is 5.54 Å². The van der Waals surface area contributed by atoms with Gasteiger partial charge in [-0.2, -0.15) is 0 Å². The molecular weight excluding hydrogens is 202 g/mol. The van der Waals surface area contributed by atoms with Crippen LogP contribution in [0.5, 0.6) is 11.5 Å². The standard InChI is InChI=1S/C13H19NO2/c1-9-6-12(16-3)10(7-11(9)15-2)8-13(14)4-5-13/h6-7H,4-5,8,14H2,1-3H3. The molecule has 0 amide bonds. The first-order valence-corrected chi connectivity index (χ1v) is 5.58. The lowest BCUT2D eigenvalue weighted by molar-refractivity contribution is 0.394. The third-order valence-electron chi connectivity index (χ3n) is 3.23. The molecule has 1 fully saturated rings. The van der Waals surface area contributed by atoms with Crippen LogP contribution in [0.3, 0.4) is 0 Å². The molecule has 0 unspecified atom stereocenters. The quantitative estimate of drug-likeness (QED) is 0.846. The second-order valence-electron chi connectivity index (χ2n) is 4.67. The van der Waals surface area contributed by atoms with Crippen LogP contribution < -0.4 is 15.2 Å². The molecule has 0 saturated heterocycles. The van der Waals surface area contributed by atoms with Gasteiger partial charge in [0.05, 0.1) is 14.2 Å². The smallest absolute Gasteiger partial charge is 0.122 e. The topological polar surface area (TPSA) is 44.5 Å². The van der Waals surface area contributed by atoms with Crippen molar-refractivity contribution >= 4 is 0 Å². The van der Waals surface area contributed by atoms with Gasteiger partial charge in [0.1, 0.15) is 11.5 Å². The van der Waals surface area contributed by atoms with Gasteiger partial charge in [0.25, 0.3) is 0 Å². The summed E-state index contributed by atoms with van der Waals surface area (Å²) in [5.74, 6) is 1.81. The molecule has 1 saturated carbocycles. The molecule has 0 atom stereocenters. The second-order valence-corrected chi connectivity index (χ2v) is 4.67. The highest BCUT2D eigenvalue weighted by atomic mass is 16.5. The third kappa shape index (κ3) is 2.14. The van der Waals surface area contributed by atoms with Gasteiger partial charge in [-0.3, -0.25) is 0 Å². The van der Waals surface area contributed by atoms with E-state index in [1.54, 1.807) is 14.2 Å². The van der Waals surface area contributed by atoms with Crippen molar-refractivity contribution in [3.05, 3.63) is 23.3 Å². The normalized spacial score (nSPS) is 17.0. The summed E-state index contributed by atoms with van der Waals surface area (Å²) in [6.45, 7) is 2.01. The fourth-order valence-electron chi connectivity index (χ4n) is 1.97. The van der Waals surface area contributed by atoms with E-state index in [-0.39, 0.29) is 5.54 Å². The molecule has 0 aliphatic heterocycles. The number of ether oxygens (including phenoxy) is 2. The summed E-state index contributed by atoms with van der Waals surface area (Å²) in [5.41, 5.74) is 8.36. The molecule has 3 heteroatoms. The highest BCUT2D eigenvalue weighted by Gasteiger charge is 2.38. The molecule has 2 N–H and O–H groups in total. The summed E-state index contributed by atoms with van der Waals surface area (Å²) in [6.07, 6.45) is 3.07. The fourth-order valence-corrected chi connectivity index (χ4v) is 1.97. The third-order valence-corrected chi connectivity index (χ3v) is 3.23. The molecule has 3 nitrogen and oxygen atoms in total. The number of hydrogen-bond donors (Lipinski definition) is 1. The zero-order chi connectivity index (χ0) is 11.8. The molecule has 0 spiro atoms. The van der Waals surface area contributed by atoms with Crippen LogP contribution in [0.15, 0.2) is 12.1 Å². The Labute approximate surface area is 96.5 Å². The van der Waals surface area contributed by atoms with Crippen molar-refractivity contribution in [3.63, 3.8) is 0 Å². The minimum absolute atomic E-state index is 0.00640. The number of hydrogen-bond acceptors (Lipinski definition) is 3. The van der Waals surface area contributed by atoms with Crippen molar-refractivity contribution < 1.29 is 9.47 Å². The Kier molecular flexibility index (Phi) is 2.80. The molecule has 2 rings (SSSR count). The van der Waals surface area contributed by atoms with Crippen LogP contribution in [0.25, 0.3) is 0 Å². The molecule has 1 aliphatic carbocycles. The molecule has 0 bridgehead atoms. The summed E-state index contributed by atoms with van der Waals surface area (Å²) < 4.78 is 10.7. The van der Waals surface area contributed by atoms with Crippen LogP contribution in [0.4, 0.5) is 0 Å². The Hall–Kier alpha value is -1.22. The Morgan fingerprint density at radius 3 is 2.31 bits per heavy atom. The first kappa shape index (κ1) is 11.3. The van der Waals surface area contributed by atoms with E-state index in [4.69, 9.17) is 15.2 Å². The summed E-state index contributed by atoms with van der Waals surface area (Å²) in [4.78, 5) is 0. The highest BCUT2D eigenvalue weighted by Crippen LogP contribution is 2.39. The van der Waals surface area contributed by atoms with E-state index in [1.165, 1.54) is 0 Å². The van der Waals surface area contributed by atoms with Crippen molar-refractivity contribution in [2.75, 3.05) is 14.2 Å². The molecule has 1 aromatic carbocycles. The van der Waals surface area contributed by atoms with Crippen molar-refractivity contribution in [3.8, 4) is 11.5 Å². The predicted octanol–water partition coefficient (Wildman–Crippen LogP) is 2.05. The molecular formula is C13H19NO2. The summed E-state index contributed by atoms with van der Waals surface area (Å²) in [6, 6.07) is 4.06. The Morgan fingerprint density at radius 2 is 1.81 bits per heavy atom. The molecule has 0 radical (unpaired) electrons. The van der Waals surface area contributed by atoms with Gasteiger partial charge < -0.3 is 15.2 Å². The minimum Gasteiger partial charge on any atom is -0.496 e. The van der Waals surface area contributed by atoms with Gasteiger partial charge in [-0.1, -0.05) is 0 Å². The number of benzene rings is 1. The Balaban J connectivity index is 2.33. The van der Waals surface area contributed by atoms with Crippen LogP contribution in [0.2, 0.25) is 0 Å². The van der Waals surface area contributed by atoms with E-state index in [1.807, 2.05) is 19.1 Å². The minimum atomic E-state index is -0.00640. The van der Waals surface area contributed by atoms with Crippen molar-refractivity contribution in [1.29, 1.82) is 0 Å². The second kappa shape index (κ2) is 3.98. The van der Waals surface area contributed by atoms with E-state index >= 15 is 0 Å². The molecule has 0 heterocycles. The van der Waals surface area contributed by atoms with E-state index in [0.29, 0.717) is 0 Å². The lowest BCUT2D eigenvalue weighted by Crippen LogP contribution is -2.24. The largest absolute Gasteiger partial charge is 0.496 e.